The Morgan fingerprint density at radius 1 is 1.20 bits per heavy atom. The maximum Gasteiger partial charge on any atom is 0.131 e. The minimum absolute atomic E-state index is 0.0496. The number of hydrogen-bond donors (Lipinski definition) is 1. The van der Waals surface area contributed by atoms with Crippen molar-refractivity contribution in [2.45, 2.75) is 26.8 Å². The Balaban J connectivity index is 2.63. The maximum atomic E-state index is 14.1. The average Bonchev–Trinajstić information content (AvgIpc) is 2.62. The minimum Gasteiger partial charge on any atom is -0.306 e. The van der Waals surface area contributed by atoms with Crippen LogP contribution in [0.2, 0.25) is 0 Å². The predicted molar refractivity (Wildman–Crippen MR) is 74.6 cm³/mol. The fourth-order valence-electron chi connectivity index (χ4n) is 2.55. The molecule has 0 saturated carbocycles. The number of nitrogens with one attached hydrogen (secondary N) is 1. The molecule has 0 fully saturated rings. The van der Waals surface area contributed by atoms with E-state index >= 15 is 0 Å². The lowest BCUT2D eigenvalue weighted by Crippen LogP contribution is -2.25. The molecule has 0 radical (unpaired) electrons. The molecule has 0 saturated heterocycles. The Hall–Kier alpha value is -1.75. The van der Waals surface area contributed by atoms with E-state index in [4.69, 9.17) is 0 Å². The van der Waals surface area contributed by atoms with Gasteiger partial charge in [-0.25, -0.2) is 8.78 Å². The molecule has 2 rings (SSSR count). The van der Waals surface area contributed by atoms with Crippen LogP contribution in [0.4, 0.5) is 8.78 Å². The van der Waals surface area contributed by atoms with Gasteiger partial charge in [0.05, 0.1) is 11.7 Å². The lowest BCUT2D eigenvalue weighted by molar-refractivity contribution is 0.508. The SMILES string of the molecule is CCNC(c1c(F)cccc1F)c1c(C)nn(C)c1C. The van der Waals surface area contributed by atoms with Crippen molar-refractivity contribution in [2.24, 2.45) is 7.05 Å². The van der Waals surface area contributed by atoms with Gasteiger partial charge in [0.2, 0.25) is 0 Å². The Kier molecular flexibility index (Phi) is 4.18. The monoisotopic (exact) mass is 279 g/mol. The van der Waals surface area contributed by atoms with Gasteiger partial charge in [-0.05, 0) is 32.5 Å². The summed E-state index contributed by atoms with van der Waals surface area (Å²) in [5, 5.41) is 7.49. The number of hydrogen-bond acceptors (Lipinski definition) is 2. The molecule has 1 aromatic heterocycles. The van der Waals surface area contributed by atoms with Crippen molar-refractivity contribution in [1.82, 2.24) is 15.1 Å². The molecule has 0 spiro atoms. The second-order valence-electron chi connectivity index (χ2n) is 4.83. The van der Waals surface area contributed by atoms with E-state index in [1.54, 1.807) is 4.68 Å². The predicted octanol–water partition coefficient (Wildman–Crippen LogP) is 3.01. The van der Waals surface area contributed by atoms with Crippen LogP contribution in [-0.2, 0) is 7.05 Å². The summed E-state index contributed by atoms with van der Waals surface area (Å²) in [4.78, 5) is 0. The van der Waals surface area contributed by atoms with Crippen LogP contribution in [0, 0.1) is 25.5 Å². The summed E-state index contributed by atoms with van der Waals surface area (Å²) in [5.41, 5.74) is 2.56. The molecule has 0 aliphatic heterocycles. The lowest BCUT2D eigenvalue weighted by atomic mass is 9.96. The van der Waals surface area contributed by atoms with Gasteiger partial charge in [0.25, 0.3) is 0 Å². The summed E-state index contributed by atoms with van der Waals surface area (Å²) in [7, 11) is 1.83. The van der Waals surface area contributed by atoms with Crippen LogP contribution in [0.1, 0.15) is 35.5 Å². The highest BCUT2D eigenvalue weighted by Gasteiger charge is 2.26. The van der Waals surface area contributed by atoms with E-state index in [2.05, 4.69) is 10.4 Å². The Morgan fingerprint density at radius 3 is 2.25 bits per heavy atom. The zero-order chi connectivity index (χ0) is 14.9. The first-order valence-electron chi connectivity index (χ1n) is 6.64. The lowest BCUT2D eigenvalue weighted by Gasteiger charge is -2.20. The van der Waals surface area contributed by atoms with Crippen LogP contribution in [-0.4, -0.2) is 16.3 Å². The van der Waals surface area contributed by atoms with Crippen LogP contribution >= 0.6 is 0 Å². The van der Waals surface area contributed by atoms with E-state index in [1.807, 2.05) is 27.8 Å². The third-order valence-corrected chi connectivity index (χ3v) is 3.55. The molecular formula is C15H19F2N3. The molecule has 5 heteroatoms. The zero-order valence-corrected chi connectivity index (χ0v) is 12.2. The topological polar surface area (TPSA) is 29.9 Å². The van der Waals surface area contributed by atoms with Crippen LogP contribution in [0.3, 0.4) is 0 Å². The number of nitrogens with zero attached hydrogens (tertiary/aromatic N) is 2. The summed E-state index contributed by atoms with van der Waals surface area (Å²) >= 11 is 0. The Labute approximate surface area is 117 Å². The first-order valence-corrected chi connectivity index (χ1v) is 6.64. The molecule has 0 bridgehead atoms. The zero-order valence-electron chi connectivity index (χ0n) is 12.2. The van der Waals surface area contributed by atoms with Crippen molar-refractivity contribution in [1.29, 1.82) is 0 Å². The number of benzene rings is 1. The first-order chi connectivity index (χ1) is 9.47. The minimum atomic E-state index is -0.543. The Bertz CT molecular complexity index is 600. The van der Waals surface area contributed by atoms with Gasteiger partial charge in [0.1, 0.15) is 11.6 Å². The van der Waals surface area contributed by atoms with Crippen molar-refractivity contribution in [3.8, 4) is 0 Å². The number of rotatable bonds is 4. The molecule has 1 unspecified atom stereocenters. The standard InChI is InChI=1S/C15H19F2N3/c1-5-18-15(13-9(2)19-20(4)10(13)3)14-11(16)7-6-8-12(14)17/h6-8,15,18H,5H2,1-4H3. The van der Waals surface area contributed by atoms with E-state index < -0.39 is 17.7 Å². The average molecular weight is 279 g/mol. The van der Waals surface area contributed by atoms with Crippen molar-refractivity contribution < 1.29 is 8.78 Å². The molecule has 1 aromatic carbocycles. The van der Waals surface area contributed by atoms with Gasteiger partial charge in [0, 0.05) is 23.9 Å². The van der Waals surface area contributed by atoms with Crippen molar-refractivity contribution in [2.75, 3.05) is 6.54 Å². The van der Waals surface area contributed by atoms with Gasteiger partial charge in [-0.1, -0.05) is 13.0 Å². The normalized spacial score (nSPS) is 12.7. The molecule has 2 aromatic rings. The van der Waals surface area contributed by atoms with Gasteiger partial charge < -0.3 is 5.32 Å². The highest BCUT2D eigenvalue weighted by atomic mass is 19.1. The summed E-state index contributed by atoms with van der Waals surface area (Å²) < 4.78 is 29.9. The summed E-state index contributed by atoms with van der Waals surface area (Å²) in [6.45, 7) is 6.27. The van der Waals surface area contributed by atoms with Gasteiger partial charge in [-0.3, -0.25) is 4.68 Å². The summed E-state index contributed by atoms with van der Waals surface area (Å²) in [5.74, 6) is -1.09. The summed E-state index contributed by atoms with van der Waals surface area (Å²) in [6.07, 6.45) is 0. The van der Waals surface area contributed by atoms with Crippen molar-refractivity contribution >= 4 is 0 Å². The molecule has 1 heterocycles. The molecule has 3 nitrogen and oxygen atoms in total. The largest absolute Gasteiger partial charge is 0.306 e. The van der Waals surface area contributed by atoms with Gasteiger partial charge in [-0.2, -0.15) is 5.10 Å². The fraction of sp³-hybridized carbons (Fsp3) is 0.400. The highest BCUT2D eigenvalue weighted by molar-refractivity contribution is 5.38. The van der Waals surface area contributed by atoms with E-state index in [0.717, 1.165) is 17.0 Å². The van der Waals surface area contributed by atoms with Crippen molar-refractivity contribution in [3.05, 3.63) is 52.3 Å². The van der Waals surface area contributed by atoms with E-state index in [1.165, 1.54) is 18.2 Å². The second-order valence-corrected chi connectivity index (χ2v) is 4.83. The maximum absolute atomic E-state index is 14.1. The highest BCUT2D eigenvalue weighted by Crippen LogP contribution is 2.30. The third kappa shape index (κ3) is 2.45. The number of aromatic nitrogens is 2. The van der Waals surface area contributed by atoms with Crippen LogP contribution in [0.25, 0.3) is 0 Å². The molecule has 1 N–H and O–H groups in total. The second kappa shape index (κ2) is 5.71. The number of halogens is 2. The van der Waals surface area contributed by atoms with Crippen molar-refractivity contribution in [3.63, 3.8) is 0 Å². The first kappa shape index (κ1) is 14.7. The quantitative estimate of drug-likeness (QED) is 0.932. The molecule has 0 amide bonds. The van der Waals surface area contributed by atoms with Gasteiger partial charge >= 0.3 is 0 Å². The van der Waals surface area contributed by atoms with E-state index in [9.17, 15) is 8.78 Å². The van der Waals surface area contributed by atoms with Crippen LogP contribution in [0.5, 0.6) is 0 Å². The third-order valence-electron chi connectivity index (χ3n) is 3.55. The van der Waals surface area contributed by atoms with Gasteiger partial charge in [0.15, 0.2) is 0 Å². The van der Waals surface area contributed by atoms with Crippen LogP contribution < -0.4 is 5.32 Å². The molecule has 108 valence electrons. The van der Waals surface area contributed by atoms with Crippen LogP contribution in [0.15, 0.2) is 18.2 Å². The molecular weight excluding hydrogens is 260 g/mol. The summed E-state index contributed by atoms with van der Waals surface area (Å²) in [6, 6.07) is 3.41. The van der Waals surface area contributed by atoms with E-state index in [0.29, 0.717) is 6.54 Å². The molecule has 1 atom stereocenters. The fourth-order valence-corrected chi connectivity index (χ4v) is 2.55. The van der Waals surface area contributed by atoms with E-state index in [-0.39, 0.29) is 5.56 Å². The van der Waals surface area contributed by atoms with Gasteiger partial charge in [-0.15, -0.1) is 0 Å². The molecule has 0 aliphatic carbocycles. The molecule has 0 aliphatic rings. The smallest absolute Gasteiger partial charge is 0.131 e. The Morgan fingerprint density at radius 2 is 1.80 bits per heavy atom. The molecule has 20 heavy (non-hydrogen) atoms. The number of aryl methyl sites for hydroxylation is 2.